The number of thioether (sulfide) groups is 1. The van der Waals surface area contributed by atoms with Gasteiger partial charge in [0.1, 0.15) is 0 Å². The van der Waals surface area contributed by atoms with E-state index in [2.05, 4.69) is 10.6 Å². The smallest absolute Gasteiger partial charge is 0.251 e. The summed E-state index contributed by atoms with van der Waals surface area (Å²) in [5.74, 6) is 0.562. The Morgan fingerprint density at radius 2 is 1.70 bits per heavy atom. The third kappa shape index (κ3) is 5.86. The summed E-state index contributed by atoms with van der Waals surface area (Å²) >= 11 is 1.67. The van der Waals surface area contributed by atoms with Crippen LogP contribution in [0.1, 0.15) is 43.0 Å². The molecule has 1 saturated carbocycles. The van der Waals surface area contributed by atoms with Crippen LogP contribution in [0.15, 0.2) is 59.5 Å². The van der Waals surface area contributed by atoms with Gasteiger partial charge in [0.25, 0.3) is 5.91 Å². The highest BCUT2D eigenvalue weighted by Gasteiger charge is 2.18. The quantitative estimate of drug-likeness (QED) is 0.681. The van der Waals surface area contributed by atoms with E-state index in [-0.39, 0.29) is 17.7 Å². The predicted molar refractivity (Wildman–Crippen MR) is 111 cm³/mol. The van der Waals surface area contributed by atoms with Gasteiger partial charge in [-0.25, -0.2) is 0 Å². The van der Waals surface area contributed by atoms with E-state index in [1.165, 1.54) is 12.8 Å². The molecule has 2 amide bonds. The largest absolute Gasteiger partial charge is 0.349 e. The first-order valence-electron chi connectivity index (χ1n) is 9.51. The Bertz CT molecular complexity index is 756. The fourth-order valence-electron chi connectivity index (χ4n) is 3.12. The molecule has 1 atom stereocenters. The highest BCUT2D eigenvalue weighted by molar-refractivity contribution is 7.99. The molecule has 3 rings (SSSR count). The fourth-order valence-corrected chi connectivity index (χ4v) is 4.07. The fraction of sp³-hybridized carbons (Fsp3) is 0.364. The maximum Gasteiger partial charge on any atom is 0.251 e. The molecule has 2 aromatic rings. The Hall–Kier alpha value is -2.27. The van der Waals surface area contributed by atoms with E-state index < -0.39 is 0 Å². The number of carbonyl (C=O) groups excluding carboxylic acids is 2. The molecule has 0 saturated heterocycles. The molecule has 0 aromatic heterocycles. The summed E-state index contributed by atoms with van der Waals surface area (Å²) in [5.41, 5.74) is 1.35. The van der Waals surface area contributed by atoms with Crippen LogP contribution in [0.3, 0.4) is 0 Å². The zero-order chi connectivity index (χ0) is 19.1. The number of anilines is 1. The van der Waals surface area contributed by atoms with Crippen LogP contribution in [-0.2, 0) is 4.79 Å². The molecule has 27 heavy (non-hydrogen) atoms. The second-order valence-electron chi connectivity index (χ2n) is 7.05. The zero-order valence-electron chi connectivity index (χ0n) is 15.6. The molecular weight excluding hydrogens is 356 g/mol. The molecule has 2 aromatic carbocycles. The van der Waals surface area contributed by atoms with E-state index in [1.54, 1.807) is 36.0 Å². The predicted octanol–water partition coefficient (Wildman–Crippen LogP) is 4.73. The van der Waals surface area contributed by atoms with Crippen LogP contribution in [-0.4, -0.2) is 23.6 Å². The summed E-state index contributed by atoms with van der Waals surface area (Å²) < 4.78 is 0. The summed E-state index contributed by atoms with van der Waals surface area (Å²) in [6.07, 6.45) is 4.52. The van der Waals surface area contributed by atoms with Crippen molar-refractivity contribution in [1.82, 2.24) is 5.32 Å². The first-order chi connectivity index (χ1) is 13.1. The lowest BCUT2D eigenvalue weighted by atomic mass is 10.1. The van der Waals surface area contributed by atoms with Crippen LogP contribution in [0.5, 0.6) is 0 Å². The highest BCUT2D eigenvalue weighted by atomic mass is 32.2. The number of amides is 2. The molecule has 0 heterocycles. The van der Waals surface area contributed by atoms with Crippen molar-refractivity contribution in [2.24, 2.45) is 5.92 Å². The maximum atomic E-state index is 12.4. The summed E-state index contributed by atoms with van der Waals surface area (Å²) in [5, 5.41) is 6.01. The van der Waals surface area contributed by atoms with Crippen molar-refractivity contribution in [3.63, 3.8) is 0 Å². The topological polar surface area (TPSA) is 58.2 Å². The molecular formula is C22H26N2O2S. The lowest BCUT2D eigenvalue weighted by Gasteiger charge is -2.13. The Kier molecular flexibility index (Phi) is 6.93. The number of carbonyl (C=O) groups is 2. The molecule has 1 fully saturated rings. The lowest BCUT2D eigenvalue weighted by molar-refractivity contribution is -0.118. The molecule has 2 N–H and O–H groups in total. The summed E-state index contributed by atoms with van der Waals surface area (Å²) in [6.45, 7) is 1.93. The molecule has 1 unspecified atom stereocenters. The SMILES string of the molecule is CC(CSc1ccccc1)C(=O)Nc1ccc(C(=O)NC2CCCC2)cc1. The van der Waals surface area contributed by atoms with Crippen LogP contribution in [0, 0.1) is 5.92 Å². The van der Waals surface area contributed by atoms with Gasteiger partial charge in [-0.1, -0.05) is 38.0 Å². The van der Waals surface area contributed by atoms with E-state index in [0.29, 0.717) is 17.3 Å². The average molecular weight is 383 g/mol. The molecule has 0 spiro atoms. The van der Waals surface area contributed by atoms with Gasteiger partial charge in [-0.15, -0.1) is 11.8 Å². The van der Waals surface area contributed by atoms with Gasteiger partial charge in [-0.2, -0.15) is 0 Å². The van der Waals surface area contributed by atoms with Crippen LogP contribution in [0.4, 0.5) is 5.69 Å². The number of rotatable bonds is 7. The van der Waals surface area contributed by atoms with Crippen molar-refractivity contribution in [1.29, 1.82) is 0 Å². The third-order valence-corrected chi connectivity index (χ3v) is 6.07. The van der Waals surface area contributed by atoms with Crippen LogP contribution < -0.4 is 10.6 Å². The minimum absolute atomic E-state index is 0.0124. The minimum atomic E-state index is -0.111. The van der Waals surface area contributed by atoms with Crippen molar-refractivity contribution >= 4 is 29.3 Å². The van der Waals surface area contributed by atoms with Crippen LogP contribution >= 0.6 is 11.8 Å². The lowest BCUT2D eigenvalue weighted by Crippen LogP contribution is -2.32. The van der Waals surface area contributed by atoms with E-state index in [1.807, 2.05) is 37.3 Å². The first-order valence-corrected chi connectivity index (χ1v) is 10.5. The van der Waals surface area contributed by atoms with Crippen molar-refractivity contribution in [2.75, 3.05) is 11.1 Å². The summed E-state index contributed by atoms with van der Waals surface area (Å²) in [4.78, 5) is 25.8. The van der Waals surface area contributed by atoms with Crippen molar-refractivity contribution in [3.05, 3.63) is 60.2 Å². The number of nitrogens with one attached hydrogen (secondary N) is 2. The standard InChI is InChI=1S/C22H26N2O2S/c1-16(15-27-20-9-3-2-4-10-20)21(25)23-19-13-11-17(12-14-19)22(26)24-18-7-5-6-8-18/h2-4,9-14,16,18H,5-8,15H2,1H3,(H,23,25)(H,24,26). The molecule has 0 radical (unpaired) electrons. The normalized spacial score (nSPS) is 15.3. The Labute approximate surface area is 165 Å². The van der Waals surface area contributed by atoms with Crippen molar-refractivity contribution in [3.8, 4) is 0 Å². The van der Waals surface area contributed by atoms with Gasteiger partial charge < -0.3 is 10.6 Å². The molecule has 142 valence electrons. The van der Waals surface area contributed by atoms with Crippen molar-refractivity contribution in [2.45, 2.75) is 43.5 Å². The van der Waals surface area contributed by atoms with Crippen molar-refractivity contribution < 1.29 is 9.59 Å². The van der Waals surface area contributed by atoms with E-state index in [4.69, 9.17) is 0 Å². The van der Waals surface area contributed by atoms with Gasteiger partial charge in [0, 0.05) is 33.9 Å². The molecule has 0 aliphatic heterocycles. The van der Waals surface area contributed by atoms with E-state index in [9.17, 15) is 9.59 Å². The zero-order valence-corrected chi connectivity index (χ0v) is 16.4. The van der Waals surface area contributed by atoms with Gasteiger partial charge in [0.15, 0.2) is 0 Å². The number of benzene rings is 2. The minimum Gasteiger partial charge on any atom is -0.349 e. The highest BCUT2D eigenvalue weighted by Crippen LogP contribution is 2.21. The Balaban J connectivity index is 1.48. The molecule has 0 bridgehead atoms. The van der Waals surface area contributed by atoms with Gasteiger partial charge >= 0.3 is 0 Å². The first kappa shape index (κ1) is 19.5. The second kappa shape index (κ2) is 9.60. The molecule has 4 nitrogen and oxygen atoms in total. The Morgan fingerprint density at radius 1 is 1.04 bits per heavy atom. The summed E-state index contributed by atoms with van der Waals surface area (Å²) in [7, 11) is 0. The summed E-state index contributed by atoms with van der Waals surface area (Å²) in [6, 6.07) is 17.5. The van der Waals surface area contributed by atoms with Gasteiger partial charge in [0.05, 0.1) is 0 Å². The van der Waals surface area contributed by atoms with Crippen LogP contribution in [0.25, 0.3) is 0 Å². The number of hydrogen-bond donors (Lipinski definition) is 2. The monoisotopic (exact) mass is 382 g/mol. The van der Waals surface area contributed by atoms with Gasteiger partial charge in [0.2, 0.25) is 5.91 Å². The average Bonchev–Trinajstić information content (AvgIpc) is 3.20. The molecule has 1 aliphatic rings. The van der Waals surface area contributed by atoms with Crippen LogP contribution in [0.2, 0.25) is 0 Å². The van der Waals surface area contributed by atoms with Gasteiger partial charge in [-0.05, 0) is 49.2 Å². The maximum absolute atomic E-state index is 12.4. The van der Waals surface area contributed by atoms with E-state index >= 15 is 0 Å². The molecule has 5 heteroatoms. The number of hydrogen-bond acceptors (Lipinski definition) is 3. The van der Waals surface area contributed by atoms with Gasteiger partial charge in [-0.3, -0.25) is 9.59 Å². The molecule has 1 aliphatic carbocycles. The Morgan fingerprint density at radius 3 is 2.37 bits per heavy atom. The van der Waals surface area contributed by atoms with E-state index in [0.717, 1.165) is 23.5 Å². The third-order valence-electron chi connectivity index (χ3n) is 4.80. The second-order valence-corrected chi connectivity index (χ2v) is 8.14.